The molecule has 0 fully saturated rings. The molecule has 0 amide bonds. The number of ether oxygens (including phenoxy) is 1. The van der Waals surface area contributed by atoms with E-state index in [0.717, 1.165) is 19.3 Å². The summed E-state index contributed by atoms with van der Waals surface area (Å²) in [5, 5.41) is 0.350. The van der Waals surface area contributed by atoms with E-state index in [0.29, 0.717) is 16.5 Å². The molecule has 0 aliphatic rings. The first-order valence-electron chi connectivity index (χ1n) is 8.42. The van der Waals surface area contributed by atoms with Gasteiger partial charge in [-0.2, -0.15) is 0 Å². The van der Waals surface area contributed by atoms with Crippen molar-refractivity contribution < 1.29 is 13.9 Å². The summed E-state index contributed by atoms with van der Waals surface area (Å²) >= 11 is 0. The lowest BCUT2D eigenvalue weighted by Crippen LogP contribution is -2.22. The van der Waals surface area contributed by atoms with Crippen LogP contribution in [0.5, 0.6) is 0 Å². The quantitative estimate of drug-likeness (QED) is 0.737. The molecule has 0 radical (unpaired) electrons. The molecular formula is C19H24FNO3. The highest BCUT2D eigenvalue weighted by atomic mass is 19.1. The van der Waals surface area contributed by atoms with Crippen LogP contribution in [0, 0.1) is 12.7 Å². The molecule has 0 bridgehead atoms. The third kappa shape index (κ3) is 3.50. The fourth-order valence-electron chi connectivity index (χ4n) is 2.84. The van der Waals surface area contributed by atoms with Crippen molar-refractivity contribution in [1.29, 1.82) is 0 Å². The Labute approximate surface area is 141 Å². The van der Waals surface area contributed by atoms with Crippen molar-refractivity contribution in [2.24, 2.45) is 0 Å². The Hall–Kier alpha value is -2.17. The Kier molecular flexibility index (Phi) is 5.75. The highest BCUT2D eigenvalue weighted by Gasteiger charge is 2.19. The van der Waals surface area contributed by atoms with Crippen LogP contribution in [0.15, 0.2) is 23.1 Å². The number of halogens is 1. The number of esters is 1. The molecule has 24 heavy (non-hydrogen) atoms. The maximum Gasteiger partial charge on any atom is 0.343 e. The molecule has 1 aromatic carbocycles. The Morgan fingerprint density at radius 2 is 2.04 bits per heavy atom. The summed E-state index contributed by atoms with van der Waals surface area (Å²) in [5.41, 5.74) is 0.484. The summed E-state index contributed by atoms with van der Waals surface area (Å²) in [7, 11) is 0. The molecule has 0 unspecified atom stereocenters. The summed E-state index contributed by atoms with van der Waals surface area (Å²) in [6.45, 7) is 7.61. The molecule has 0 aliphatic carbocycles. The molecule has 0 N–H and O–H groups in total. The molecule has 4 nitrogen and oxygen atoms in total. The third-order valence-corrected chi connectivity index (χ3v) is 4.26. The van der Waals surface area contributed by atoms with E-state index in [1.54, 1.807) is 13.8 Å². The number of hydrogen-bond donors (Lipinski definition) is 0. The van der Waals surface area contributed by atoms with Gasteiger partial charge in [0, 0.05) is 17.6 Å². The van der Waals surface area contributed by atoms with Gasteiger partial charge in [-0.25, -0.2) is 9.18 Å². The highest BCUT2D eigenvalue weighted by Crippen LogP contribution is 2.23. The van der Waals surface area contributed by atoms with E-state index in [1.165, 1.54) is 18.3 Å². The maximum atomic E-state index is 14.0. The number of pyridine rings is 1. The molecule has 2 aromatic rings. The van der Waals surface area contributed by atoms with Crippen LogP contribution in [0.25, 0.3) is 10.9 Å². The molecule has 2 rings (SSSR count). The van der Waals surface area contributed by atoms with E-state index in [1.807, 2.05) is 11.5 Å². The molecule has 0 saturated carbocycles. The Balaban J connectivity index is 2.73. The van der Waals surface area contributed by atoms with Gasteiger partial charge in [0.05, 0.1) is 12.1 Å². The SMILES string of the molecule is CCCC[C@@H](C)n1cc(C(=O)OCC)c(=O)c2cc(C)c(F)cc21. The predicted molar refractivity (Wildman–Crippen MR) is 93.1 cm³/mol. The van der Waals surface area contributed by atoms with Gasteiger partial charge in [-0.05, 0) is 44.9 Å². The zero-order chi connectivity index (χ0) is 17.9. The van der Waals surface area contributed by atoms with Gasteiger partial charge in [-0.3, -0.25) is 4.79 Å². The van der Waals surface area contributed by atoms with Crippen LogP contribution >= 0.6 is 0 Å². The van der Waals surface area contributed by atoms with Crippen molar-refractivity contribution in [3.63, 3.8) is 0 Å². The lowest BCUT2D eigenvalue weighted by Gasteiger charge is -2.20. The molecule has 1 atom stereocenters. The molecule has 1 aromatic heterocycles. The number of carbonyl (C=O) groups excluding carboxylic acids is 1. The van der Waals surface area contributed by atoms with Crippen molar-refractivity contribution in [1.82, 2.24) is 4.57 Å². The molecule has 0 saturated heterocycles. The van der Waals surface area contributed by atoms with Gasteiger partial charge in [0.25, 0.3) is 0 Å². The minimum Gasteiger partial charge on any atom is -0.462 e. The number of nitrogens with zero attached hydrogens (tertiary/aromatic N) is 1. The Morgan fingerprint density at radius 3 is 2.67 bits per heavy atom. The summed E-state index contributed by atoms with van der Waals surface area (Å²) in [6.07, 6.45) is 4.45. The summed E-state index contributed by atoms with van der Waals surface area (Å²) in [5.74, 6) is -0.995. The van der Waals surface area contributed by atoms with E-state index in [4.69, 9.17) is 4.74 Å². The molecule has 5 heteroatoms. The second-order valence-corrected chi connectivity index (χ2v) is 6.11. The minimum absolute atomic E-state index is 0.00120. The summed E-state index contributed by atoms with van der Waals surface area (Å²) in [6, 6.07) is 2.94. The largest absolute Gasteiger partial charge is 0.462 e. The number of carbonyl (C=O) groups is 1. The summed E-state index contributed by atoms with van der Waals surface area (Å²) in [4.78, 5) is 24.8. The van der Waals surface area contributed by atoms with Crippen LogP contribution in [-0.4, -0.2) is 17.1 Å². The normalized spacial score (nSPS) is 12.4. The fourth-order valence-corrected chi connectivity index (χ4v) is 2.84. The fraction of sp³-hybridized carbons (Fsp3) is 0.474. The first kappa shape index (κ1) is 18.2. The highest BCUT2D eigenvalue weighted by molar-refractivity contribution is 5.94. The first-order chi connectivity index (χ1) is 11.4. The summed E-state index contributed by atoms with van der Waals surface area (Å²) < 4.78 is 20.9. The second kappa shape index (κ2) is 7.60. The van der Waals surface area contributed by atoms with Gasteiger partial charge in [0.15, 0.2) is 0 Å². The topological polar surface area (TPSA) is 48.3 Å². The Bertz CT molecular complexity index is 810. The molecule has 0 spiro atoms. The van der Waals surface area contributed by atoms with E-state index in [9.17, 15) is 14.0 Å². The molecule has 0 aliphatic heterocycles. The standard InChI is InChI=1S/C19H24FNO3/c1-5-7-8-13(4)21-11-15(19(23)24-6-2)18(22)14-9-12(3)16(20)10-17(14)21/h9-11,13H,5-8H2,1-4H3/t13-/m1/s1. The van der Waals surface area contributed by atoms with Crippen molar-refractivity contribution >= 4 is 16.9 Å². The van der Waals surface area contributed by atoms with Crippen LogP contribution < -0.4 is 5.43 Å². The predicted octanol–water partition coefficient (Wildman–Crippen LogP) is 4.38. The van der Waals surface area contributed by atoms with E-state index in [-0.39, 0.29) is 24.0 Å². The molecule has 1 heterocycles. The number of aryl methyl sites for hydroxylation is 1. The van der Waals surface area contributed by atoms with Crippen LogP contribution in [0.1, 0.15) is 62.0 Å². The van der Waals surface area contributed by atoms with Crippen molar-refractivity contribution in [2.45, 2.75) is 53.0 Å². The minimum atomic E-state index is -0.636. The maximum absolute atomic E-state index is 14.0. The number of unbranched alkanes of at least 4 members (excludes halogenated alkanes) is 1. The van der Waals surface area contributed by atoms with Crippen molar-refractivity contribution in [3.8, 4) is 0 Å². The number of aromatic nitrogens is 1. The van der Waals surface area contributed by atoms with E-state index >= 15 is 0 Å². The van der Waals surface area contributed by atoms with E-state index in [2.05, 4.69) is 6.92 Å². The van der Waals surface area contributed by atoms with Gasteiger partial charge in [0.1, 0.15) is 11.4 Å². The van der Waals surface area contributed by atoms with Gasteiger partial charge in [0.2, 0.25) is 5.43 Å². The van der Waals surface area contributed by atoms with Gasteiger partial charge < -0.3 is 9.30 Å². The van der Waals surface area contributed by atoms with Crippen LogP contribution in [0.3, 0.4) is 0 Å². The lowest BCUT2D eigenvalue weighted by molar-refractivity contribution is 0.0524. The van der Waals surface area contributed by atoms with Crippen molar-refractivity contribution in [3.05, 3.63) is 45.5 Å². The number of rotatable bonds is 6. The van der Waals surface area contributed by atoms with Crippen LogP contribution in [0.4, 0.5) is 4.39 Å². The lowest BCUT2D eigenvalue weighted by atomic mass is 10.1. The van der Waals surface area contributed by atoms with E-state index < -0.39 is 11.4 Å². The van der Waals surface area contributed by atoms with Gasteiger partial charge in [-0.15, -0.1) is 0 Å². The number of fused-ring (bicyclic) bond motifs is 1. The number of benzene rings is 1. The molecule has 130 valence electrons. The smallest absolute Gasteiger partial charge is 0.343 e. The monoisotopic (exact) mass is 333 g/mol. The van der Waals surface area contributed by atoms with Crippen LogP contribution in [-0.2, 0) is 4.74 Å². The Morgan fingerprint density at radius 1 is 1.33 bits per heavy atom. The second-order valence-electron chi connectivity index (χ2n) is 6.11. The zero-order valence-electron chi connectivity index (χ0n) is 14.7. The van der Waals surface area contributed by atoms with Crippen molar-refractivity contribution in [2.75, 3.05) is 6.61 Å². The average Bonchev–Trinajstić information content (AvgIpc) is 2.55. The van der Waals surface area contributed by atoms with Gasteiger partial charge in [-0.1, -0.05) is 19.8 Å². The van der Waals surface area contributed by atoms with Crippen LogP contribution in [0.2, 0.25) is 0 Å². The molecular weight excluding hydrogens is 309 g/mol. The first-order valence-corrected chi connectivity index (χ1v) is 8.42. The average molecular weight is 333 g/mol. The third-order valence-electron chi connectivity index (χ3n) is 4.26. The number of hydrogen-bond acceptors (Lipinski definition) is 3. The van der Waals surface area contributed by atoms with Gasteiger partial charge >= 0.3 is 5.97 Å². The zero-order valence-corrected chi connectivity index (χ0v) is 14.7.